The van der Waals surface area contributed by atoms with Gasteiger partial charge in [-0.25, -0.2) is 0 Å². The minimum absolute atomic E-state index is 0.0140. The number of nitrogens with one attached hydrogen (secondary N) is 2. The van der Waals surface area contributed by atoms with Crippen LogP contribution in [0.15, 0.2) is 24.3 Å². The van der Waals surface area contributed by atoms with Crippen LogP contribution in [0.25, 0.3) is 0 Å². The molecule has 1 saturated heterocycles. The number of alkyl halides is 2. The Morgan fingerprint density at radius 3 is 2.84 bits per heavy atom. The molecule has 0 radical (unpaired) electrons. The van der Waals surface area contributed by atoms with Crippen molar-refractivity contribution >= 4 is 0 Å². The van der Waals surface area contributed by atoms with E-state index in [0.717, 1.165) is 31.5 Å². The topological polar surface area (TPSA) is 33.3 Å². The summed E-state index contributed by atoms with van der Waals surface area (Å²) in [5.41, 5.74) is 0.772. The summed E-state index contributed by atoms with van der Waals surface area (Å²) in [6.45, 7) is 1.16. The van der Waals surface area contributed by atoms with Crippen LogP contribution in [0.1, 0.15) is 31.4 Å². The second kappa shape index (κ2) is 6.82. The summed E-state index contributed by atoms with van der Waals surface area (Å²) in [6.07, 6.45) is 2.24. The highest BCUT2D eigenvalue weighted by atomic mass is 19.3. The van der Waals surface area contributed by atoms with Gasteiger partial charge in [-0.2, -0.15) is 8.78 Å². The van der Waals surface area contributed by atoms with Crippen molar-refractivity contribution in [2.75, 3.05) is 13.1 Å². The number of ether oxygens (including phenoxy) is 1. The number of benzene rings is 1. The van der Waals surface area contributed by atoms with Crippen molar-refractivity contribution in [1.29, 1.82) is 0 Å². The van der Waals surface area contributed by atoms with E-state index >= 15 is 0 Å². The maximum Gasteiger partial charge on any atom is 0.387 e. The van der Waals surface area contributed by atoms with Gasteiger partial charge in [0.15, 0.2) is 0 Å². The smallest absolute Gasteiger partial charge is 0.387 e. The molecular formula is C14H20F2N2O. The molecule has 2 rings (SSSR count). The minimum atomic E-state index is -2.79. The number of piperidine rings is 1. The van der Waals surface area contributed by atoms with Crippen molar-refractivity contribution in [2.24, 2.45) is 0 Å². The quantitative estimate of drug-likeness (QED) is 0.863. The molecule has 0 aliphatic carbocycles. The van der Waals surface area contributed by atoms with E-state index in [1.54, 1.807) is 12.1 Å². The van der Waals surface area contributed by atoms with Crippen molar-refractivity contribution in [3.63, 3.8) is 0 Å². The van der Waals surface area contributed by atoms with Crippen LogP contribution in [-0.4, -0.2) is 25.7 Å². The minimum Gasteiger partial charge on any atom is -0.434 e. The lowest BCUT2D eigenvalue weighted by atomic mass is 10.0. The molecule has 0 spiro atoms. The first-order chi connectivity index (χ1) is 9.16. The van der Waals surface area contributed by atoms with Crippen LogP contribution >= 0.6 is 0 Å². The summed E-state index contributed by atoms with van der Waals surface area (Å²) in [4.78, 5) is 0. The second-order valence-corrected chi connectivity index (χ2v) is 4.85. The molecule has 1 aliphatic rings. The van der Waals surface area contributed by atoms with Gasteiger partial charge in [0.1, 0.15) is 5.75 Å². The molecule has 0 bridgehead atoms. The highest BCUT2D eigenvalue weighted by Crippen LogP contribution is 2.26. The molecule has 3 nitrogen and oxygen atoms in total. The van der Waals surface area contributed by atoms with E-state index in [1.807, 2.05) is 19.1 Å². The average Bonchev–Trinajstić information content (AvgIpc) is 2.39. The summed E-state index contributed by atoms with van der Waals surface area (Å²) in [5.74, 6) is 0.251. The van der Waals surface area contributed by atoms with Gasteiger partial charge in [-0.3, -0.25) is 0 Å². The molecule has 106 valence electrons. The predicted molar refractivity (Wildman–Crippen MR) is 70.5 cm³/mol. The van der Waals surface area contributed by atoms with Crippen LogP contribution < -0.4 is 15.4 Å². The Morgan fingerprint density at radius 1 is 1.37 bits per heavy atom. The van der Waals surface area contributed by atoms with Crippen LogP contribution in [0.3, 0.4) is 0 Å². The van der Waals surface area contributed by atoms with Gasteiger partial charge >= 0.3 is 6.61 Å². The monoisotopic (exact) mass is 270 g/mol. The summed E-state index contributed by atoms with van der Waals surface area (Å²) in [6, 6.07) is 7.31. The Bertz CT molecular complexity index is 395. The zero-order valence-electron chi connectivity index (χ0n) is 11.0. The van der Waals surface area contributed by atoms with Gasteiger partial charge in [-0.05, 0) is 32.4 Å². The van der Waals surface area contributed by atoms with Crippen LogP contribution in [0.4, 0.5) is 8.78 Å². The fraction of sp³-hybridized carbons (Fsp3) is 0.571. The summed E-state index contributed by atoms with van der Waals surface area (Å²) < 4.78 is 29.3. The first-order valence-electron chi connectivity index (χ1n) is 6.67. The molecule has 1 fully saturated rings. The highest BCUT2D eigenvalue weighted by molar-refractivity contribution is 5.35. The Kier molecular flexibility index (Phi) is 5.10. The van der Waals surface area contributed by atoms with Gasteiger partial charge < -0.3 is 15.4 Å². The van der Waals surface area contributed by atoms with Gasteiger partial charge in [-0.1, -0.05) is 18.2 Å². The molecule has 2 N–H and O–H groups in total. The predicted octanol–water partition coefficient (Wildman–Crippen LogP) is 2.69. The molecule has 0 amide bonds. The van der Waals surface area contributed by atoms with Gasteiger partial charge in [0.25, 0.3) is 0 Å². The fourth-order valence-electron chi connectivity index (χ4n) is 2.48. The van der Waals surface area contributed by atoms with Crippen molar-refractivity contribution in [1.82, 2.24) is 10.6 Å². The summed E-state index contributed by atoms with van der Waals surface area (Å²) in [5, 5.41) is 6.79. The van der Waals surface area contributed by atoms with E-state index in [1.165, 1.54) is 0 Å². The molecule has 2 atom stereocenters. The molecule has 1 aromatic carbocycles. The summed E-state index contributed by atoms with van der Waals surface area (Å²) in [7, 11) is 0. The molecule has 0 saturated carbocycles. The van der Waals surface area contributed by atoms with E-state index in [2.05, 4.69) is 15.4 Å². The lowest BCUT2D eigenvalue weighted by molar-refractivity contribution is -0.0507. The van der Waals surface area contributed by atoms with E-state index in [4.69, 9.17) is 0 Å². The third-order valence-electron chi connectivity index (χ3n) is 3.38. The third-order valence-corrected chi connectivity index (χ3v) is 3.38. The Hall–Kier alpha value is -1.20. The van der Waals surface area contributed by atoms with Gasteiger partial charge in [0, 0.05) is 24.2 Å². The number of para-hydroxylation sites is 1. The Labute approximate surface area is 112 Å². The van der Waals surface area contributed by atoms with Crippen LogP contribution in [0.5, 0.6) is 5.75 Å². The van der Waals surface area contributed by atoms with Crippen LogP contribution in [0.2, 0.25) is 0 Å². The maximum absolute atomic E-state index is 12.4. The largest absolute Gasteiger partial charge is 0.434 e. The number of rotatable bonds is 5. The van der Waals surface area contributed by atoms with E-state index < -0.39 is 6.61 Å². The summed E-state index contributed by atoms with van der Waals surface area (Å²) >= 11 is 0. The van der Waals surface area contributed by atoms with Crippen molar-refractivity contribution in [3.8, 4) is 5.75 Å². The van der Waals surface area contributed by atoms with E-state index in [-0.39, 0.29) is 11.8 Å². The zero-order chi connectivity index (χ0) is 13.7. The van der Waals surface area contributed by atoms with Crippen LogP contribution in [-0.2, 0) is 0 Å². The van der Waals surface area contributed by atoms with Gasteiger partial charge in [-0.15, -0.1) is 0 Å². The number of hydrogen-bond donors (Lipinski definition) is 2. The maximum atomic E-state index is 12.4. The second-order valence-electron chi connectivity index (χ2n) is 4.85. The first kappa shape index (κ1) is 14.2. The highest BCUT2D eigenvalue weighted by Gasteiger charge is 2.19. The standard InChI is InChI=1S/C14H20F2N2O/c1-10(18-11-5-4-8-17-9-11)12-6-2-3-7-13(12)19-14(15)16/h2-3,6-7,10-11,14,17-18H,4-5,8-9H2,1H3. The van der Waals surface area contributed by atoms with E-state index in [9.17, 15) is 8.78 Å². The van der Waals surface area contributed by atoms with Crippen molar-refractivity contribution in [3.05, 3.63) is 29.8 Å². The average molecular weight is 270 g/mol. The van der Waals surface area contributed by atoms with Crippen molar-refractivity contribution < 1.29 is 13.5 Å². The molecule has 5 heteroatoms. The molecular weight excluding hydrogens is 250 g/mol. The number of hydrogen-bond acceptors (Lipinski definition) is 3. The Morgan fingerprint density at radius 2 is 2.16 bits per heavy atom. The van der Waals surface area contributed by atoms with Gasteiger partial charge in [0.05, 0.1) is 0 Å². The van der Waals surface area contributed by atoms with Crippen LogP contribution in [0, 0.1) is 0 Å². The number of halogens is 2. The lowest BCUT2D eigenvalue weighted by Crippen LogP contribution is -2.44. The lowest BCUT2D eigenvalue weighted by Gasteiger charge is -2.28. The molecule has 1 aliphatic heterocycles. The first-order valence-corrected chi connectivity index (χ1v) is 6.67. The van der Waals surface area contributed by atoms with Gasteiger partial charge in [0.2, 0.25) is 0 Å². The van der Waals surface area contributed by atoms with E-state index in [0.29, 0.717) is 6.04 Å². The molecule has 0 aromatic heterocycles. The molecule has 2 unspecified atom stereocenters. The zero-order valence-corrected chi connectivity index (χ0v) is 11.0. The third kappa shape index (κ3) is 4.14. The Balaban J connectivity index is 2.02. The SMILES string of the molecule is CC(NC1CCCNC1)c1ccccc1OC(F)F. The fourth-order valence-corrected chi connectivity index (χ4v) is 2.48. The molecule has 1 heterocycles. The molecule has 1 aromatic rings. The van der Waals surface area contributed by atoms with Crippen molar-refractivity contribution in [2.45, 2.75) is 38.5 Å². The normalized spacial score (nSPS) is 21.4. The molecule has 19 heavy (non-hydrogen) atoms.